The van der Waals surface area contributed by atoms with Gasteiger partial charge in [-0.15, -0.1) is 0 Å². The topological polar surface area (TPSA) is 41.1 Å². The van der Waals surface area contributed by atoms with Gasteiger partial charge in [-0.3, -0.25) is 4.79 Å². The molecular weight excluding hydrogens is 244 g/mol. The molecule has 0 bridgehead atoms. The van der Waals surface area contributed by atoms with Crippen molar-refractivity contribution in [1.29, 1.82) is 0 Å². The second-order valence-electron chi connectivity index (χ2n) is 3.20. The van der Waals surface area contributed by atoms with E-state index in [1.54, 1.807) is 0 Å². The van der Waals surface area contributed by atoms with Gasteiger partial charge in [-0.1, -0.05) is 34.1 Å². The average molecular weight is 255 g/mol. The molecule has 1 saturated heterocycles. The lowest BCUT2D eigenvalue weighted by molar-refractivity contribution is -0.124. The Morgan fingerprint density at radius 2 is 2.07 bits per heavy atom. The average Bonchev–Trinajstić information content (AvgIpc) is 2.20. The minimum absolute atomic E-state index is 0.0446. The molecule has 1 aromatic carbocycles. The summed E-state index contributed by atoms with van der Waals surface area (Å²) < 4.78 is 0.967. The molecule has 0 radical (unpaired) electrons. The Labute approximate surface area is 91.0 Å². The number of carbonyl (C=O) groups excluding carboxylic acids is 1. The number of rotatable bonds is 1. The number of amides is 1. The number of piperazine rings is 1. The third kappa shape index (κ3) is 1.81. The summed E-state index contributed by atoms with van der Waals surface area (Å²) in [6.45, 7) is 1.53. The molecule has 1 amide bonds. The lowest BCUT2D eigenvalue weighted by Crippen LogP contribution is -2.47. The fourth-order valence-corrected chi connectivity index (χ4v) is 2.07. The van der Waals surface area contributed by atoms with Crippen molar-refractivity contribution >= 4 is 21.8 Å². The van der Waals surface area contributed by atoms with Crippen LogP contribution in [0.4, 0.5) is 0 Å². The zero-order valence-corrected chi connectivity index (χ0v) is 9.17. The second-order valence-corrected chi connectivity index (χ2v) is 4.05. The molecule has 1 aliphatic heterocycles. The first-order valence-corrected chi connectivity index (χ1v) is 5.34. The highest BCUT2D eigenvalue weighted by molar-refractivity contribution is 9.10. The lowest BCUT2D eigenvalue weighted by atomic mass is 10.1. The van der Waals surface area contributed by atoms with Gasteiger partial charge < -0.3 is 10.6 Å². The van der Waals surface area contributed by atoms with E-state index >= 15 is 0 Å². The van der Waals surface area contributed by atoms with Crippen molar-refractivity contribution in [2.24, 2.45) is 0 Å². The molecule has 3 nitrogen and oxygen atoms in total. The smallest absolute Gasteiger partial charge is 0.241 e. The highest BCUT2D eigenvalue weighted by Crippen LogP contribution is 2.23. The Kier molecular flexibility index (Phi) is 2.84. The normalized spacial score (nSPS) is 21.8. The number of carbonyl (C=O) groups is 1. The van der Waals surface area contributed by atoms with Gasteiger partial charge in [-0.2, -0.15) is 0 Å². The van der Waals surface area contributed by atoms with E-state index in [1.807, 2.05) is 24.3 Å². The van der Waals surface area contributed by atoms with Crippen molar-refractivity contribution < 1.29 is 4.79 Å². The molecule has 0 unspecified atom stereocenters. The van der Waals surface area contributed by atoms with Gasteiger partial charge in [0.2, 0.25) is 5.91 Å². The molecule has 14 heavy (non-hydrogen) atoms. The Morgan fingerprint density at radius 1 is 1.29 bits per heavy atom. The Morgan fingerprint density at radius 3 is 2.79 bits per heavy atom. The second kappa shape index (κ2) is 4.11. The summed E-state index contributed by atoms with van der Waals surface area (Å²) in [4.78, 5) is 11.6. The van der Waals surface area contributed by atoms with Gasteiger partial charge in [0, 0.05) is 17.6 Å². The van der Waals surface area contributed by atoms with Crippen LogP contribution in [-0.2, 0) is 4.79 Å². The van der Waals surface area contributed by atoms with E-state index in [0.29, 0.717) is 6.54 Å². The molecule has 1 aromatic rings. The third-order valence-corrected chi connectivity index (χ3v) is 2.97. The highest BCUT2D eigenvalue weighted by Gasteiger charge is 2.24. The van der Waals surface area contributed by atoms with Crippen LogP contribution in [0.15, 0.2) is 28.7 Å². The van der Waals surface area contributed by atoms with Gasteiger partial charge in [0.05, 0.1) is 0 Å². The molecule has 0 aliphatic carbocycles. The first-order valence-electron chi connectivity index (χ1n) is 4.54. The van der Waals surface area contributed by atoms with Crippen LogP contribution in [0, 0.1) is 0 Å². The summed E-state index contributed by atoms with van der Waals surface area (Å²) in [5.74, 6) is 0.0446. The molecule has 1 fully saturated rings. The van der Waals surface area contributed by atoms with Gasteiger partial charge in [0.1, 0.15) is 6.04 Å². The number of hydrogen-bond donors (Lipinski definition) is 2. The van der Waals surface area contributed by atoms with E-state index in [-0.39, 0.29) is 11.9 Å². The van der Waals surface area contributed by atoms with E-state index in [0.717, 1.165) is 16.6 Å². The zero-order chi connectivity index (χ0) is 9.97. The van der Waals surface area contributed by atoms with Gasteiger partial charge in [-0.25, -0.2) is 0 Å². The first kappa shape index (κ1) is 9.68. The largest absolute Gasteiger partial charge is 0.353 e. The summed E-state index contributed by atoms with van der Waals surface area (Å²) >= 11 is 3.44. The molecule has 0 saturated carbocycles. The molecule has 1 heterocycles. The highest BCUT2D eigenvalue weighted by atomic mass is 79.9. The third-order valence-electron chi connectivity index (χ3n) is 2.25. The van der Waals surface area contributed by atoms with Crippen molar-refractivity contribution in [3.63, 3.8) is 0 Å². The molecule has 2 rings (SSSR count). The van der Waals surface area contributed by atoms with E-state index < -0.39 is 0 Å². The predicted molar refractivity (Wildman–Crippen MR) is 57.9 cm³/mol. The molecule has 0 spiro atoms. The van der Waals surface area contributed by atoms with Crippen LogP contribution < -0.4 is 10.6 Å². The van der Waals surface area contributed by atoms with Crippen molar-refractivity contribution in [2.75, 3.05) is 13.1 Å². The standard InChI is InChI=1S/C10H11BrN2O/c11-8-4-2-1-3-7(8)9-10(14)13-6-5-12-9/h1-4,9,12H,5-6H2,(H,13,14)/t9-/m1/s1. The number of halogens is 1. The maximum atomic E-state index is 11.6. The molecule has 74 valence electrons. The van der Waals surface area contributed by atoms with E-state index in [4.69, 9.17) is 0 Å². The molecule has 4 heteroatoms. The predicted octanol–water partition coefficient (Wildman–Crippen LogP) is 1.21. The minimum atomic E-state index is -0.223. The summed E-state index contributed by atoms with van der Waals surface area (Å²) in [5, 5.41) is 6.02. The van der Waals surface area contributed by atoms with Crippen LogP contribution in [-0.4, -0.2) is 19.0 Å². The van der Waals surface area contributed by atoms with E-state index in [2.05, 4.69) is 26.6 Å². The molecule has 1 aliphatic rings. The van der Waals surface area contributed by atoms with Gasteiger partial charge in [-0.05, 0) is 11.6 Å². The van der Waals surface area contributed by atoms with Crippen LogP contribution in [0.2, 0.25) is 0 Å². The van der Waals surface area contributed by atoms with Crippen LogP contribution in [0.3, 0.4) is 0 Å². The summed E-state index contributed by atoms with van der Waals surface area (Å²) in [6, 6.07) is 7.54. The van der Waals surface area contributed by atoms with Crippen molar-refractivity contribution in [3.05, 3.63) is 34.3 Å². The molecular formula is C10H11BrN2O. The lowest BCUT2D eigenvalue weighted by Gasteiger charge is -2.24. The van der Waals surface area contributed by atoms with Gasteiger partial charge >= 0.3 is 0 Å². The van der Waals surface area contributed by atoms with Crippen LogP contribution in [0.5, 0.6) is 0 Å². The Hall–Kier alpha value is -0.870. The Balaban J connectivity index is 2.29. The number of benzene rings is 1. The van der Waals surface area contributed by atoms with Crippen LogP contribution in [0.25, 0.3) is 0 Å². The van der Waals surface area contributed by atoms with Crippen molar-refractivity contribution in [1.82, 2.24) is 10.6 Å². The maximum Gasteiger partial charge on any atom is 0.241 e. The summed E-state index contributed by atoms with van der Waals surface area (Å²) in [5.41, 5.74) is 0.990. The van der Waals surface area contributed by atoms with Crippen LogP contribution >= 0.6 is 15.9 Å². The maximum absolute atomic E-state index is 11.6. The Bertz CT molecular complexity index is 354. The quantitative estimate of drug-likeness (QED) is 0.792. The van der Waals surface area contributed by atoms with E-state index in [1.165, 1.54) is 0 Å². The zero-order valence-electron chi connectivity index (χ0n) is 7.59. The molecule has 0 aromatic heterocycles. The van der Waals surface area contributed by atoms with Crippen molar-refractivity contribution in [2.45, 2.75) is 6.04 Å². The van der Waals surface area contributed by atoms with Crippen molar-refractivity contribution in [3.8, 4) is 0 Å². The van der Waals surface area contributed by atoms with Crippen LogP contribution in [0.1, 0.15) is 11.6 Å². The summed E-state index contributed by atoms with van der Waals surface area (Å²) in [6.07, 6.45) is 0. The fraction of sp³-hybridized carbons (Fsp3) is 0.300. The molecule has 2 N–H and O–H groups in total. The summed E-state index contributed by atoms with van der Waals surface area (Å²) in [7, 11) is 0. The minimum Gasteiger partial charge on any atom is -0.353 e. The fourth-order valence-electron chi connectivity index (χ4n) is 1.56. The monoisotopic (exact) mass is 254 g/mol. The first-order chi connectivity index (χ1) is 6.79. The number of hydrogen-bond acceptors (Lipinski definition) is 2. The SMILES string of the molecule is O=C1NCCN[C@@H]1c1ccccc1Br. The molecule has 1 atom stereocenters. The van der Waals surface area contributed by atoms with Gasteiger partial charge in [0.15, 0.2) is 0 Å². The van der Waals surface area contributed by atoms with E-state index in [9.17, 15) is 4.79 Å². The van der Waals surface area contributed by atoms with Gasteiger partial charge in [0.25, 0.3) is 0 Å². The number of nitrogens with one attached hydrogen (secondary N) is 2.